The van der Waals surface area contributed by atoms with Crippen LogP contribution in [0, 0.1) is 11.3 Å². The SMILES string of the molecule is N#CCCCCN1CCn2c(nnc2C(F)(F)F)C1. The van der Waals surface area contributed by atoms with Gasteiger partial charge in [0.2, 0.25) is 5.82 Å². The van der Waals surface area contributed by atoms with Crippen LogP contribution >= 0.6 is 0 Å². The Hall–Kier alpha value is -1.62. The number of hydrogen-bond donors (Lipinski definition) is 0. The molecule has 5 nitrogen and oxygen atoms in total. The van der Waals surface area contributed by atoms with Gasteiger partial charge in [-0.15, -0.1) is 10.2 Å². The highest BCUT2D eigenvalue weighted by Gasteiger charge is 2.39. The summed E-state index contributed by atoms with van der Waals surface area (Å²) in [5, 5.41) is 15.3. The summed E-state index contributed by atoms with van der Waals surface area (Å²) in [7, 11) is 0. The van der Waals surface area contributed by atoms with Crippen LogP contribution in [0.15, 0.2) is 0 Å². The first-order chi connectivity index (χ1) is 9.02. The third-order valence-corrected chi connectivity index (χ3v) is 3.10. The van der Waals surface area contributed by atoms with Crippen molar-refractivity contribution in [2.24, 2.45) is 0 Å². The smallest absolute Gasteiger partial charge is 0.305 e. The molecule has 0 radical (unpaired) electrons. The summed E-state index contributed by atoms with van der Waals surface area (Å²) in [6, 6.07) is 2.07. The Balaban J connectivity index is 1.94. The van der Waals surface area contributed by atoms with Crippen LogP contribution in [-0.2, 0) is 19.3 Å². The van der Waals surface area contributed by atoms with Gasteiger partial charge in [-0.1, -0.05) is 0 Å². The number of fused-ring (bicyclic) bond motifs is 1. The van der Waals surface area contributed by atoms with Gasteiger partial charge in [0.1, 0.15) is 5.82 Å². The highest BCUT2D eigenvalue weighted by Crippen LogP contribution is 2.29. The quantitative estimate of drug-likeness (QED) is 0.785. The maximum Gasteiger partial charge on any atom is 0.451 e. The topological polar surface area (TPSA) is 57.7 Å². The summed E-state index contributed by atoms with van der Waals surface area (Å²) < 4.78 is 39.0. The summed E-state index contributed by atoms with van der Waals surface area (Å²) in [6.45, 7) is 1.97. The first kappa shape index (κ1) is 13.8. The molecule has 2 heterocycles. The molecule has 0 atom stereocenters. The Morgan fingerprint density at radius 3 is 2.68 bits per heavy atom. The summed E-state index contributed by atoms with van der Waals surface area (Å²) in [5.41, 5.74) is 0. The van der Waals surface area contributed by atoms with Crippen molar-refractivity contribution in [2.45, 2.75) is 38.5 Å². The normalized spacial score (nSPS) is 16.1. The number of rotatable bonds is 4. The molecular formula is C11H14F3N5. The molecule has 1 aromatic rings. The first-order valence-corrected chi connectivity index (χ1v) is 6.11. The van der Waals surface area contributed by atoms with E-state index in [2.05, 4.69) is 16.3 Å². The molecule has 0 aromatic carbocycles. The number of alkyl halides is 3. The van der Waals surface area contributed by atoms with Crippen LogP contribution < -0.4 is 0 Å². The molecule has 0 bridgehead atoms. The fraction of sp³-hybridized carbons (Fsp3) is 0.727. The van der Waals surface area contributed by atoms with Gasteiger partial charge in [-0.2, -0.15) is 18.4 Å². The van der Waals surface area contributed by atoms with E-state index in [0.29, 0.717) is 25.3 Å². The van der Waals surface area contributed by atoms with Crippen molar-refractivity contribution in [1.29, 1.82) is 5.26 Å². The highest BCUT2D eigenvalue weighted by molar-refractivity contribution is 5.02. The first-order valence-electron chi connectivity index (χ1n) is 6.11. The van der Waals surface area contributed by atoms with Crippen LogP contribution in [-0.4, -0.2) is 32.8 Å². The van der Waals surface area contributed by atoms with Gasteiger partial charge in [0.05, 0.1) is 12.6 Å². The number of unbranched alkanes of at least 4 members (excludes halogenated alkanes) is 2. The van der Waals surface area contributed by atoms with Crippen LogP contribution in [0.4, 0.5) is 13.2 Å². The van der Waals surface area contributed by atoms with Gasteiger partial charge in [0.15, 0.2) is 0 Å². The second kappa shape index (κ2) is 5.57. The van der Waals surface area contributed by atoms with Crippen molar-refractivity contribution in [3.05, 3.63) is 11.6 Å². The molecule has 1 aliphatic rings. The van der Waals surface area contributed by atoms with Crippen molar-refractivity contribution in [3.8, 4) is 6.07 Å². The largest absolute Gasteiger partial charge is 0.451 e. The minimum Gasteiger partial charge on any atom is -0.305 e. The second-order valence-corrected chi connectivity index (χ2v) is 4.48. The molecule has 104 valence electrons. The zero-order valence-electron chi connectivity index (χ0n) is 10.3. The summed E-state index contributed by atoms with van der Waals surface area (Å²) in [4.78, 5) is 2.04. The fourth-order valence-electron chi connectivity index (χ4n) is 2.15. The minimum absolute atomic E-state index is 0.259. The molecular weight excluding hydrogens is 259 g/mol. The average molecular weight is 273 g/mol. The molecule has 19 heavy (non-hydrogen) atoms. The van der Waals surface area contributed by atoms with Gasteiger partial charge in [-0.25, -0.2) is 0 Å². The predicted octanol–water partition coefficient (Wildman–Crippen LogP) is 1.81. The number of nitriles is 1. The van der Waals surface area contributed by atoms with E-state index in [4.69, 9.17) is 5.26 Å². The molecule has 0 spiro atoms. The van der Waals surface area contributed by atoms with E-state index < -0.39 is 12.0 Å². The van der Waals surface area contributed by atoms with E-state index in [1.54, 1.807) is 0 Å². The van der Waals surface area contributed by atoms with Crippen molar-refractivity contribution in [1.82, 2.24) is 19.7 Å². The highest BCUT2D eigenvalue weighted by atomic mass is 19.4. The molecule has 0 saturated carbocycles. The third kappa shape index (κ3) is 3.23. The monoisotopic (exact) mass is 273 g/mol. The molecule has 1 aromatic heterocycles. The van der Waals surface area contributed by atoms with E-state index in [1.165, 1.54) is 0 Å². The van der Waals surface area contributed by atoms with Crippen LogP contribution in [0.5, 0.6) is 0 Å². The molecule has 0 fully saturated rings. The lowest BCUT2D eigenvalue weighted by Crippen LogP contribution is -2.35. The number of nitrogens with zero attached hydrogens (tertiary/aromatic N) is 5. The standard InChI is InChI=1S/C11H14F3N5/c12-11(13,14)10-17-16-9-8-18(6-7-19(9)10)5-3-1-2-4-15/h1-3,5-8H2. The van der Waals surface area contributed by atoms with Gasteiger partial charge in [-0.3, -0.25) is 4.90 Å². The Kier molecular flexibility index (Phi) is 4.04. The van der Waals surface area contributed by atoms with Gasteiger partial charge in [0.25, 0.3) is 0 Å². The Bertz CT molecular complexity index is 474. The summed E-state index contributed by atoms with van der Waals surface area (Å²) >= 11 is 0. The van der Waals surface area contributed by atoms with Crippen molar-refractivity contribution in [3.63, 3.8) is 0 Å². The van der Waals surface area contributed by atoms with Crippen LogP contribution in [0.2, 0.25) is 0 Å². The van der Waals surface area contributed by atoms with Crippen LogP contribution in [0.1, 0.15) is 30.9 Å². The zero-order valence-corrected chi connectivity index (χ0v) is 10.3. The lowest BCUT2D eigenvalue weighted by molar-refractivity contribution is -0.148. The predicted molar refractivity (Wildman–Crippen MR) is 59.8 cm³/mol. The third-order valence-electron chi connectivity index (χ3n) is 3.10. The van der Waals surface area contributed by atoms with E-state index in [1.807, 2.05) is 4.90 Å². The second-order valence-electron chi connectivity index (χ2n) is 4.48. The van der Waals surface area contributed by atoms with Gasteiger partial charge < -0.3 is 4.57 Å². The van der Waals surface area contributed by atoms with Gasteiger partial charge >= 0.3 is 6.18 Å². The van der Waals surface area contributed by atoms with Crippen LogP contribution in [0.25, 0.3) is 0 Å². The van der Waals surface area contributed by atoms with E-state index >= 15 is 0 Å². The van der Waals surface area contributed by atoms with Crippen molar-refractivity contribution in [2.75, 3.05) is 13.1 Å². The van der Waals surface area contributed by atoms with Crippen molar-refractivity contribution >= 4 is 0 Å². The molecule has 0 aliphatic carbocycles. The lowest BCUT2D eigenvalue weighted by Gasteiger charge is -2.27. The average Bonchev–Trinajstić information content (AvgIpc) is 2.77. The minimum atomic E-state index is -4.44. The lowest BCUT2D eigenvalue weighted by atomic mass is 10.2. The van der Waals surface area contributed by atoms with Gasteiger partial charge in [0, 0.05) is 19.5 Å². The van der Waals surface area contributed by atoms with E-state index in [-0.39, 0.29) is 6.54 Å². The Morgan fingerprint density at radius 2 is 2.00 bits per heavy atom. The van der Waals surface area contributed by atoms with Crippen LogP contribution in [0.3, 0.4) is 0 Å². The molecule has 0 saturated heterocycles. The maximum absolute atomic E-state index is 12.6. The Labute approximate surface area is 108 Å². The van der Waals surface area contributed by atoms with E-state index in [0.717, 1.165) is 24.0 Å². The molecule has 1 aliphatic heterocycles. The molecule has 0 amide bonds. The van der Waals surface area contributed by atoms with E-state index in [9.17, 15) is 13.2 Å². The molecule has 8 heteroatoms. The fourth-order valence-corrected chi connectivity index (χ4v) is 2.15. The zero-order chi connectivity index (χ0) is 13.9. The maximum atomic E-state index is 12.6. The molecule has 2 rings (SSSR count). The molecule has 0 N–H and O–H groups in total. The van der Waals surface area contributed by atoms with Gasteiger partial charge in [-0.05, 0) is 19.4 Å². The molecule has 0 unspecified atom stereocenters. The number of aromatic nitrogens is 3. The summed E-state index contributed by atoms with van der Waals surface area (Å²) in [5.74, 6) is -0.550. The number of hydrogen-bond acceptors (Lipinski definition) is 4. The van der Waals surface area contributed by atoms with Crippen molar-refractivity contribution < 1.29 is 13.2 Å². The summed E-state index contributed by atoms with van der Waals surface area (Å²) in [6.07, 6.45) is -2.25. The Morgan fingerprint density at radius 1 is 1.21 bits per heavy atom. The number of halogens is 3.